The van der Waals surface area contributed by atoms with Crippen molar-refractivity contribution in [3.05, 3.63) is 29.3 Å². The molecule has 0 aromatic heterocycles. The van der Waals surface area contributed by atoms with E-state index >= 15 is 0 Å². The third kappa shape index (κ3) is 3.67. The molecular formula is C18H26N2O3. The minimum atomic E-state index is -0.162. The SMILES string of the molecule is Cc1cc(C(=O)NC2CCCC2)ccc1NCC1(CO)COC1. The summed E-state index contributed by atoms with van der Waals surface area (Å²) < 4.78 is 5.21. The highest BCUT2D eigenvalue weighted by atomic mass is 16.5. The molecule has 1 saturated heterocycles. The molecule has 0 atom stereocenters. The lowest BCUT2D eigenvalue weighted by Gasteiger charge is -2.40. The number of carbonyl (C=O) groups is 1. The molecule has 2 fully saturated rings. The summed E-state index contributed by atoms with van der Waals surface area (Å²) in [4.78, 5) is 12.3. The predicted molar refractivity (Wildman–Crippen MR) is 89.7 cm³/mol. The smallest absolute Gasteiger partial charge is 0.251 e. The number of hydrogen-bond donors (Lipinski definition) is 3. The summed E-state index contributed by atoms with van der Waals surface area (Å²) >= 11 is 0. The Labute approximate surface area is 137 Å². The van der Waals surface area contributed by atoms with Crippen molar-refractivity contribution in [1.29, 1.82) is 0 Å². The van der Waals surface area contributed by atoms with Gasteiger partial charge in [-0.1, -0.05) is 12.8 Å². The molecule has 1 heterocycles. The third-order valence-electron chi connectivity index (χ3n) is 4.98. The Kier molecular flexibility index (Phi) is 4.87. The Morgan fingerprint density at radius 2 is 2.09 bits per heavy atom. The summed E-state index contributed by atoms with van der Waals surface area (Å²) in [6.07, 6.45) is 4.61. The zero-order chi connectivity index (χ0) is 16.3. The zero-order valence-electron chi connectivity index (χ0n) is 13.7. The molecule has 3 rings (SSSR count). The summed E-state index contributed by atoms with van der Waals surface area (Å²) in [5.74, 6) is 0.0192. The molecule has 1 aliphatic carbocycles. The van der Waals surface area contributed by atoms with Gasteiger partial charge >= 0.3 is 0 Å². The molecule has 0 bridgehead atoms. The number of benzene rings is 1. The highest BCUT2D eigenvalue weighted by Crippen LogP contribution is 2.28. The van der Waals surface area contributed by atoms with Gasteiger partial charge in [0, 0.05) is 23.8 Å². The van der Waals surface area contributed by atoms with Crippen molar-refractivity contribution in [2.45, 2.75) is 38.6 Å². The van der Waals surface area contributed by atoms with Gasteiger partial charge in [-0.15, -0.1) is 0 Å². The number of amides is 1. The lowest BCUT2D eigenvalue weighted by molar-refractivity contribution is -0.128. The maximum absolute atomic E-state index is 12.3. The van der Waals surface area contributed by atoms with Crippen LogP contribution >= 0.6 is 0 Å². The number of ether oxygens (including phenoxy) is 1. The summed E-state index contributed by atoms with van der Waals surface area (Å²) in [5, 5.41) is 16.0. The summed E-state index contributed by atoms with van der Waals surface area (Å²) in [6.45, 7) is 3.99. The van der Waals surface area contributed by atoms with Gasteiger partial charge in [-0.25, -0.2) is 0 Å². The lowest BCUT2D eigenvalue weighted by Crippen LogP contribution is -2.50. The second-order valence-electron chi connectivity index (χ2n) is 6.99. The van der Waals surface area contributed by atoms with Crippen molar-refractivity contribution in [3.63, 3.8) is 0 Å². The number of carbonyl (C=O) groups excluding carboxylic acids is 1. The molecule has 5 heteroatoms. The Morgan fingerprint density at radius 1 is 1.35 bits per heavy atom. The number of rotatable bonds is 6. The molecule has 0 unspecified atom stereocenters. The van der Waals surface area contributed by atoms with Gasteiger partial charge in [0.25, 0.3) is 5.91 Å². The van der Waals surface area contributed by atoms with Crippen LogP contribution < -0.4 is 10.6 Å². The van der Waals surface area contributed by atoms with Gasteiger partial charge in [0.15, 0.2) is 0 Å². The Bertz CT molecular complexity index is 558. The minimum Gasteiger partial charge on any atom is -0.396 e. The number of hydrogen-bond acceptors (Lipinski definition) is 4. The van der Waals surface area contributed by atoms with Gasteiger partial charge in [0.05, 0.1) is 25.2 Å². The van der Waals surface area contributed by atoms with Gasteiger partial charge in [-0.2, -0.15) is 0 Å². The van der Waals surface area contributed by atoms with Crippen LogP contribution in [0.3, 0.4) is 0 Å². The molecule has 126 valence electrons. The van der Waals surface area contributed by atoms with E-state index in [9.17, 15) is 9.90 Å². The van der Waals surface area contributed by atoms with Crippen LogP contribution in [0.2, 0.25) is 0 Å². The van der Waals surface area contributed by atoms with E-state index < -0.39 is 0 Å². The van der Waals surface area contributed by atoms with Gasteiger partial charge < -0.3 is 20.5 Å². The van der Waals surface area contributed by atoms with Gasteiger partial charge in [0.1, 0.15) is 0 Å². The molecule has 0 radical (unpaired) electrons. The molecule has 2 aliphatic rings. The van der Waals surface area contributed by atoms with Crippen molar-refractivity contribution >= 4 is 11.6 Å². The van der Waals surface area contributed by atoms with Gasteiger partial charge in [0.2, 0.25) is 0 Å². The van der Waals surface area contributed by atoms with Crippen LogP contribution in [0.1, 0.15) is 41.6 Å². The van der Waals surface area contributed by atoms with Crippen molar-refractivity contribution in [1.82, 2.24) is 5.32 Å². The maximum Gasteiger partial charge on any atom is 0.251 e. The average molecular weight is 318 g/mol. The second kappa shape index (κ2) is 6.89. The molecule has 1 aromatic carbocycles. The topological polar surface area (TPSA) is 70.6 Å². The normalized spacial score (nSPS) is 20.1. The number of aliphatic hydroxyl groups is 1. The number of aliphatic hydroxyl groups excluding tert-OH is 1. The molecule has 1 aliphatic heterocycles. The fourth-order valence-electron chi connectivity index (χ4n) is 3.26. The van der Waals surface area contributed by atoms with E-state index in [2.05, 4.69) is 10.6 Å². The highest BCUT2D eigenvalue weighted by Gasteiger charge is 2.37. The standard InChI is InChI=1S/C18H26N2O3/c1-13-8-14(17(22)20-15-4-2-3-5-15)6-7-16(13)19-9-18(10-21)11-23-12-18/h6-8,15,19,21H,2-5,9-12H2,1H3,(H,20,22). The van der Waals surface area contributed by atoms with E-state index in [4.69, 9.17) is 4.74 Å². The van der Waals surface area contributed by atoms with E-state index in [1.165, 1.54) is 12.8 Å². The van der Waals surface area contributed by atoms with Gasteiger partial charge in [-0.3, -0.25) is 4.79 Å². The molecule has 5 nitrogen and oxygen atoms in total. The summed E-state index contributed by atoms with van der Waals surface area (Å²) in [5.41, 5.74) is 2.59. The molecule has 3 N–H and O–H groups in total. The average Bonchev–Trinajstić information content (AvgIpc) is 3.00. The Morgan fingerprint density at radius 3 is 2.65 bits per heavy atom. The van der Waals surface area contributed by atoms with E-state index in [1.807, 2.05) is 25.1 Å². The largest absolute Gasteiger partial charge is 0.396 e. The van der Waals surface area contributed by atoms with Crippen LogP contribution in [0.4, 0.5) is 5.69 Å². The van der Waals surface area contributed by atoms with Crippen LogP contribution in [-0.4, -0.2) is 43.4 Å². The number of aryl methyl sites for hydroxylation is 1. The van der Waals surface area contributed by atoms with Crippen molar-refractivity contribution in [3.8, 4) is 0 Å². The van der Waals surface area contributed by atoms with Crippen LogP contribution in [0.25, 0.3) is 0 Å². The van der Waals surface area contributed by atoms with E-state index in [0.29, 0.717) is 31.4 Å². The van der Waals surface area contributed by atoms with Gasteiger partial charge in [-0.05, 0) is 43.5 Å². The van der Waals surface area contributed by atoms with Crippen molar-refractivity contribution < 1.29 is 14.6 Å². The van der Waals surface area contributed by atoms with Crippen LogP contribution in [-0.2, 0) is 4.74 Å². The quantitative estimate of drug-likeness (QED) is 0.751. The number of anilines is 1. The minimum absolute atomic E-state index is 0.0192. The number of nitrogens with one attached hydrogen (secondary N) is 2. The first-order chi connectivity index (χ1) is 11.1. The summed E-state index contributed by atoms with van der Waals surface area (Å²) in [7, 11) is 0. The monoisotopic (exact) mass is 318 g/mol. The Hall–Kier alpha value is -1.59. The van der Waals surface area contributed by atoms with Crippen LogP contribution in [0, 0.1) is 12.3 Å². The molecule has 1 aromatic rings. The Balaban J connectivity index is 1.59. The molecular weight excluding hydrogens is 292 g/mol. The van der Waals surface area contributed by atoms with Crippen LogP contribution in [0.5, 0.6) is 0 Å². The van der Waals surface area contributed by atoms with Crippen molar-refractivity contribution in [2.24, 2.45) is 5.41 Å². The lowest BCUT2D eigenvalue weighted by atomic mass is 9.87. The zero-order valence-corrected chi connectivity index (χ0v) is 13.7. The first-order valence-corrected chi connectivity index (χ1v) is 8.46. The maximum atomic E-state index is 12.3. The first kappa shape index (κ1) is 16.3. The molecule has 23 heavy (non-hydrogen) atoms. The molecule has 1 saturated carbocycles. The van der Waals surface area contributed by atoms with E-state index in [-0.39, 0.29) is 17.9 Å². The first-order valence-electron chi connectivity index (χ1n) is 8.46. The molecule has 0 spiro atoms. The second-order valence-corrected chi connectivity index (χ2v) is 6.99. The third-order valence-corrected chi connectivity index (χ3v) is 4.98. The fourth-order valence-corrected chi connectivity index (χ4v) is 3.26. The highest BCUT2D eigenvalue weighted by molar-refractivity contribution is 5.95. The van der Waals surface area contributed by atoms with Crippen molar-refractivity contribution in [2.75, 3.05) is 31.7 Å². The van der Waals surface area contributed by atoms with Crippen LogP contribution in [0.15, 0.2) is 18.2 Å². The fraction of sp³-hybridized carbons (Fsp3) is 0.611. The summed E-state index contributed by atoms with van der Waals surface area (Å²) in [6, 6.07) is 6.07. The predicted octanol–water partition coefficient (Wildman–Crippen LogP) is 2.09. The van der Waals surface area contributed by atoms with E-state index in [0.717, 1.165) is 24.1 Å². The van der Waals surface area contributed by atoms with E-state index in [1.54, 1.807) is 0 Å². The molecule has 1 amide bonds.